The van der Waals surface area contributed by atoms with E-state index in [9.17, 15) is 10.3 Å². The third kappa shape index (κ3) is 9.74. The van der Waals surface area contributed by atoms with E-state index < -0.39 is 36.5 Å². The summed E-state index contributed by atoms with van der Waals surface area (Å²) in [6.07, 6.45) is -3.51. The molecule has 0 aliphatic carbocycles. The van der Waals surface area contributed by atoms with Gasteiger partial charge in [0.15, 0.2) is 6.10 Å². The fraction of sp³-hybridized carbons (Fsp3) is 0.306. The largest absolute Gasteiger partial charge is 0.459 e. The van der Waals surface area contributed by atoms with Crippen LogP contribution in [0.3, 0.4) is 0 Å². The predicted molar refractivity (Wildman–Crippen MR) is 169 cm³/mol. The first-order chi connectivity index (χ1) is 22.2. The normalized spacial score (nSPS) is 20.1. The number of hydrogen-bond acceptors (Lipinski definition) is 7. The van der Waals surface area contributed by atoms with E-state index in [1.165, 1.54) is 0 Å². The SMILES string of the molecule is [N-]=[N+]=NC[C@@H](OCc1ccccc1)[C@H]1O[C@H](C(=O)OCc2ccccc2)C[C@@H](OCc2ccccc2)[C@H]1OCc1ccccc1. The number of carbonyl (C=O) groups is 1. The van der Waals surface area contributed by atoms with E-state index in [2.05, 4.69) is 10.0 Å². The van der Waals surface area contributed by atoms with Crippen LogP contribution in [0.5, 0.6) is 0 Å². The molecule has 0 amide bonds. The molecule has 0 N–H and O–H groups in total. The summed E-state index contributed by atoms with van der Waals surface area (Å²) in [5, 5.41) is 3.84. The molecule has 4 aromatic carbocycles. The molecular weight excluding hydrogens is 570 g/mol. The number of azide groups is 1. The Morgan fingerprint density at radius 3 is 1.76 bits per heavy atom. The fourth-order valence-electron chi connectivity index (χ4n) is 5.21. The van der Waals surface area contributed by atoms with Crippen LogP contribution in [0.2, 0.25) is 0 Å². The van der Waals surface area contributed by atoms with Crippen LogP contribution in [-0.2, 0) is 54.9 Å². The summed E-state index contributed by atoms with van der Waals surface area (Å²) in [4.78, 5) is 16.5. The van der Waals surface area contributed by atoms with Crippen molar-refractivity contribution in [2.75, 3.05) is 6.54 Å². The van der Waals surface area contributed by atoms with Crippen LogP contribution < -0.4 is 0 Å². The van der Waals surface area contributed by atoms with Gasteiger partial charge in [-0.1, -0.05) is 126 Å². The Kier molecular flexibility index (Phi) is 12.1. The predicted octanol–water partition coefficient (Wildman–Crippen LogP) is 6.95. The quantitative estimate of drug-likeness (QED) is 0.0625. The molecule has 0 aromatic heterocycles. The van der Waals surface area contributed by atoms with Crippen molar-refractivity contribution < 1.29 is 28.5 Å². The summed E-state index contributed by atoms with van der Waals surface area (Å²) in [5.74, 6) is -0.510. The standard InChI is InChI=1S/C36H37N3O6/c37-39-38-22-33(42-24-28-15-7-2-8-16-28)35-34(43-25-29-17-9-3-10-18-29)31(41-23-27-13-5-1-6-14-27)21-32(45-35)36(40)44-26-30-19-11-4-12-20-30/h1-20,31-35H,21-26H2/t31-,32+,33-,34-,35-/m1/s1. The zero-order valence-electron chi connectivity index (χ0n) is 25.0. The molecule has 0 radical (unpaired) electrons. The first-order valence-electron chi connectivity index (χ1n) is 15.0. The number of benzene rings is 4. The molecule has 1 saturated heterocycles. The van der Waals surface area contributed by atoms with Gasteiger partial charge in [-0.05, 0) is 27.8 Å². The van der Waals surface area contributed by atoms with Crippen LogP contribution in [-0.4, -0.2) is 43.0 Å². The number of esters is 1. The minimum Gasteiger partial charge on any atom is -0.459 e. The van der Waals surface area contributed by atoms with Crippen LogP contribution in [0, 0.1) is 0 Å². The van der Waals surface area contributed by atoms with Gasteiger partial charge in [-0.15, -0.1) is 0 Å². The summed E-state index contributed by atoms with van der Waals surface area (Å²) in [7, 11) is 0. The Morgan fingerprint density at radius 2 is 1.22 bits per heavy atom. The van der Waals surface area contributed by atoms with Crippen molar-refractivity contribution in [3.8, 4) is 0 Å². The maximum atomic E-state index is 13.5. The minimum atomic E-state index is -0.954. The van der Waals surface area contributed by atoms with Crippen LogP contribution in [0.4, 0.5) is 0 Å². The minimum absolute atomic E-state index is 0.0314. The van der Waals surface area contributed by atoms with Gasteiger partial charge in [0, 0.05) is 11.3 Å². The summed E-state index contributed by atoms with van der Waals surface area (Å²) in [5.41, 5.74) is 13.0. The van der Waals surface area contributed by atoms with Gasteiger partial charge in [-0.25, -0.2) is 4.79 Å². The molecule has 232 valence electrons. The second-order valence-electron chi connectivity index (χ2n) is 10.8. The Balaban J connectivity index is 1.42. The maximum Gasteiger partial charge on any atom is 0.335 e. The molecule has 1 fully saturated rings. The lowest BCUT2D eigenvalue weighted by molar-refractivity contribution is -0.240. The first-order valence-corrected chi connectivity index (χ1v) is 15.0. The fourth-order valence-corrected chi connectivity index (χ4v) is 5.21. The van der Waals surface area contributed by atoms with E-state index in [0.29, 0.717) is 6.61 Å². The average molecular weight is 608 g/mol. The molecule has 9 heteroatoms. The van der Waals surface area contributed by atoms with Crippen molar-refractivity contribution in [3.63, 3.8) is 0 Å². The molecule has 1 aliphatic rings. The van der Waals surface area contributed by atoms with Gasteiger partial charge < -0.3 is 23.7 Å². The molecule has 4 aromatic rings. The highest BCUT2D eigenvalue weighted by molar-refractivity contribution is 5.75. The highest BCUT2D eigenvalue weighted by Crippen LogP contribution is 2.31. The molecule has 5 rings (SSSR count). The number of carbonyl (C=O) groups excluding carboxylic acids is 1. The van der Waals surface area contributed by atoms with Gasteiger partial charge in [-0.3, -0.25) is 0 Å². The first kappa shape index (κ1) is 31.9. The summed E-state index contributed by atoms with van der Waals surface area (Å²) in [6, 6.07) is 38.8. The lowest BCUT2D eigenvalue weighted by Gasteiger charge is -2.43. The second kappa shape index (κ2) is 17.1. The number of ether oxygens (including phenoxy) is 5. The lowest BCUT2D eigenvalue weighted by Crippen LogP contribution is -2.58. The Labute approximate surface area is 263 Å². The third-order valence-electron chi connectivity index (χ3n) is 7.54. The van der Waals surface area contributed by atoms with E-state index in [0.717, 1.165) is 22.3 Å². The zero-order chi connectivity index (χ0) is 31.1. The second-order valence-corrected chi connectivity index (χ2v) is 10.8. The lowest BCUT2D eigenvalue weighted by atomic mass is 9.93. The van der Waals surface area contributed by atoms with Gasteiger partial charge >= 0.3 is 5.97 Å². The number of rotatable bonds is 15. The van der Waals surface area contributed by atoms with Crippen molar-refractivity contribution in [1.82, 2.24) is 0 Å². The molecule has 9 nitrogen and oxygen atoms in total. The van der Waals surface area contributed by atoms with E-state index in [1.807, 2.05) is 121 Å². The Morgan fingerprint density at radius 1 is 0.733 bits per heavy atom. The highest BCUT2D eigenvalue weighted by Gasteiger charge is 2.47. The van der Waals surface area contributed by atoms with Crippen molar-refractivity contribution in [1.29, 1.82) is 0 Å². The van der Waals surface area contributed by atoms with Crippen molar-refractivity contribution in [2.24, 2.45) is 5.11 Å². The van der Waals surface area contributed by atoms with Gasteiger partial charge in [0.1, 0.15) is 18.8 Å². The molecule has 0 unspecified atom stereocenters. The van der Waals surface area contributed by atoms with E-state index in [-0.39, 0.29) is 32.8 Å². The van der Waals surface area contributed by atoms with Crippen molar-refractivity contribution in [3.05, 3.63) is 154 Å². The smallest absolute Gasteiger partial charge is 0.335 e. The van der Waals surface area contributed by atoms with Crippen LogP contribution in [0.1, 0.15) is 28.7 Å². The molecule has 0 saturated carbocycles. The van der Waals surface area contributed by atoms with Gasteiger partial charge in [0.05, 0.1) is 38.6 Å². The summed E-state index contributed by atoms with van der Waals surface area (Å²) >= 11 is 0. The third-order valence-corrected chi connectivity index (χ3v) is 7.54. The van der Waals surface area contributed by atoms with Crippen LogP contribution >= 0.6 is 0 Å². The number of hydrogen-bond donors (Lipinski definition) is 0. The van der Waals surface area contributed by atoms with Crippen LogP contribution in [0.15, 0.2) is 126 Å². The van der Waals surface area contributed by atoms with E-state index in [4.69, 9.17) is 23.7 Å². The molecule has 0 spiro atoms. The van der Waals surface area contributed by atoms with E-state index in [1.54, 1.807) is 0 Å². The molecular formula is C36H37N3O6. The molecule has 1 aliphatic heterocycles. The molecule has 1 heterocycles. The molecule has 5 atom stereocenters. The molecule has 0 bridgehead atoms. The maximum absolute atomic E-state index is 13.5. The Hall–Kier alpha value is -4.50. The van der Waals surface area contributed by atoms with E-state index >= 15 is 0 Å². The van der Waals surface area contributed by atoms with Crippen LogP contribution in [0.25, 0.3) is 10.4 Å². The highest BCUT2D eigenvalue weighted by atomic mass is 16.6. The summed E-state index contributed by atoms with van der Waals surface area (Å²) in [6.45, 7) is 0.917. The van der Waals surface area contributed by atoms with Crippen molar-refractivity contribution in [2.45, 2.75) is 63.4 Å². The van der Waals surface area contributed by atoms with Gasteiger partial charge in [-0.2, -0.15) is 0 Å². The Bertz CT molecular complexity index is 1490. The number of nitrogens with zero attached hydrogens (tertiary/aromatic N) is 3. The van der Waals surface area contributed by atoms with Gasteiger partial charge in [0.25, 0.3) is 0 Å². The molecule has 45 heavy (non-hydrogen) atoms. The monoisotopic (exact) mass is 607 g/mol. The topological polar surface area (TPSA) is 112 Å². The van der Waals surface area contributed by atoms with Gasteiger partial charge in [0.2, 0.25) is 0 Å². The average Bonchev–Trinajstić information content (AvgIpc) is 3.10. The van der Waals surface area contributed by atoms with Crippen molar-refractivity contribution >= 4 is 5.97 Å². The zero-order valence-corrected chi connectivity index (χ0v) is 25.0. The summed E-state index contributed by atoms with van der Waals surface area (Å²) < 4.78 is 31.5.